The second kappa shape index (κ2) is 7.45. The lowest BCUT2D eigenvalue weighted by Gasteiger charge is -2.26. The lowest BCUT2D eigenvalue weighted by Crippen LogP contribution is -2.39. The molecule has 1 heterocycles. The SMILES string of the molecule is CCOC(=O)N1CCC(=NNc2ccc(S(C)(=O)=O)cc2)CC1. The third-order valence-electron chi connectivity index (χ3n) is 3.49. The molecule has 1 saturated heterocycles. The second-order valence-electron chi connectivity index (χ2n) is 5.27. The quantitative estimate of drug-likeness (QED) is 0.849. The Morgan fingerprint density at radius 1 is 1.26 bits per heavy atom. The maximum atomic E-state index is 11.6. The standard InChI is InChI=1S/C15H21N3O4S/c1-3-22-15(19)18-10-8-13(9-11-18)17-16-12-4-6-14(7-5-12)23(2,20)21/h4-7,16H,3,8-11H2,1-2H3. The average molecular weight is 339 g/mol. The van der Waals surface area contributed by atoms with E-state index in [4.69, 9.17) is 4.74 Å². The summed E-state index contributed by atoms with van der Waals surface area (Å²) in [6.45, 7) is 3.34. The number of ether oxygens (including phenoxy) is 1. The monoisotopic (exact) mass is 339 g/mol. The van der Waals surface area contributed by atoms with Crippen LogP contribution in [0.4, 0.5) is 10.5 Å². The normalized spacial score (nSPS) is 15.2. The van der Waals surface area contributed by atoms with E-state index in [1.807, 2.05) is 0 Å². The fourth-order valence-electron chi connectivity index (χ4n) is 2.19. The molecule has 0 radical (unpaired) electrons. The zero-order chi connectivity index (χ0) is 16.9. The van der Waals surface area contributed by atoms with E-state index in [9.17, 15) is 13.2 Å². The molecule has 1 aromatic rings. The molecular formula is C15H21N3O4S. The minimum atomic E-state index is -3.19. The molecule has 0 saturated carbocycles. The van der Waals surface area contributed by atoms with E-state index in [2.05, 4.69) is 10.5 Å². The van der Waals surface area contributed by atoms with Gasteiger partial charge in [0.15, 0.2) is 9.84 Å². The van der Waals surface area contributed by atoms with Gasteiger partial charge in [-0.1, -0.05) is 0 Å². The van der Waals surface area contributed by atoms with Crippen molar-refractivity contribution >= 4 is 27.3 Å². The third-order valence-corrected chi connectivity index (χ3v) is 4.62. The van der Waals surface area contributed by atoms with Crippen LogP contribution in [0.2, 0.25) is 0 Å². The van der Waals surface area contributed by atoms with Gasteiger partial charge in [0.25, 0.3) is 0 Å². The van der Waals surface area contributed by atoms with E-state index in [1.165, 1.54) is 6.26 Å². The maximum Gasteiger partial charge on any atom is 0.409 e. The number of piperidine rings is 1. The van der Waals surface area contributed by atoms with Crippen LogP contribution in [0.1, 0.15) is 19.8 Å². The van der Waals surface area contributed by atoms with Crippen molar-refractivity contribution in [3.05, 3.63) is 24.3 Å². The molecule has 1 fully saturated rings. The minimum Gasteiger partial charge on any atom is -0.450 e. The molecule has 0 unspecified atom stereocenters. The molecule has 1 aliphatic heterocycles. The molecule has 126 valence electrons. The highest BCUT2D eigenvalue weighted by molar-refractivity contribution is 7.90. The number of amides is 1. The molecule has 1 aromatic carbocycles. The predicted molar refractivity (Wildman–Crippen MR) is 88.4 cm³/mol. The van der Waals surface area contributed by atoms with Crippen molar-refractivity contribution < 1.29 is 17.9 Å². The van der Waals surface area contributed by atoms with Crippen molar-refractivity contribution in [1.29, 1.82) is 0 Å². The molecule has 0 aromatic heterocycles. The summed E-state index contributed by atoms with van der Waals surface area (Å²) >= 11 is 0. The summed E-state index contributed by atoms with van der Waals surface area (Å²) in [6.07, 6.45) is 2.27. The van der Waals surface area contributed by atoms with Gasteiger partial charge in [-0.3, -0.25) is 5.43 Å². The van der Waals surface area contributed by atoms with Gasteiger partial charge in [0.1, 0.15) is 0 Å². The van der Waals surface area contributed by atoms with Crippen LogP contribution < -0.4 is 5.43 Å². The predicted octanol–water partition coefficient (Wildman–Crippen LogP) is 2.11. The van der Waals surface area contributed by atoms with Crippen LogP contribution >= 0.6 is 0 Å². The topological polar surface area (TPSA) is 88.1 Å². The summed E-state index contributed by atoms with van der Waals surface area (Å²) in [7, 11) is -3.19. The highest BCUT2D eigenvalue weighted by atomic mass is 32.2. The number of hydrazone groups is 1. The van der Waals surface area contributed by atoms with Gasteiger partial charge in [0.2, 0.25) is 0 Å². The van der Waals surface area contributed by atoms with Crippen molar-refractivity contribution in [3.63, 3.8) is 0 Å². The van der Waals surface area contributed by atoms with E-state index >= 15 is 0 Å². The highest BCUT2D eigenvalue weighted by Gasteiger charge is 2.20. The van der Waals surface area contributed by atoms with Crippen LogP contribution in [0.25, 0.3) is 0 Å². The summed E-state index contributed by atoms with van der Waals surface area (Å²) in [5, 5.41) is 4.32. The Bertz CT molecular complexity index is 673. The van der Waals surface area contributed by atoms with Gasteiger partial charge < -0.3 is 9.64 Å². The first-order chi connectivity index (χ1) is 10.9. The van der Waals surface area contributed by atoms with E-state index in [0.717, 1.165) is 11.4 Å². The number of nitrogens with zero attached hydrogens (tertiary/aromatic N) is 2. The number of carbonyl (C=O) groups is 1. The summed E-state index contributed by atoms with van der Waals surface area (Å²) in [5.41, 5.74) is 4.61. The number of benzene rings is 1. The van der Waals surface area contributed by atoms with E-state index in [-0.39, 0.29) is 11.0 Å². The fraction of sp³-hybridized carbons (Fsp3) is 0.467. The smallest absolute Gasteiger partial charge is 0.409 e. The molecule has 0 aliphatic carbocycles. The van der Waals surface area contributed by atoms with Crippen molar-refractivity contribution in [3.8, 4) is 0 Å². The summed E-state index contributed by atoms with van der Waals surface area (Å²) in [5.74, 6) is 0. The molecule has 0 spiro atoms. The van der Waals surface area contributed by atoms with Gasteiger partial charge in [-0.2, -0.15) is 5.10 Å². The Kier molecular flexibility index (Phi) is 5.59. The van der Waals surface area contributed by atoms with Crippen molar-refractivity contribution in [1.82, 2.24) is 4.90 Å². The van der Waals surface area contributed by atoms with Gasteiger partial charge in [-0.05, 0) is 31.2 Å². The highest BCUT2D eigenvalue weighted by Crippen LogP contribution is 2.15. The molecule has 1 N–H and O–H groups in total. The van der Waals surface area contributed by atoms with Crippen molar-refractivity contribution in [2.45, 2.75) is 24.7 Å². The zero-order valence-corrected chi connectivity index (χ0v) is 14.1. The first-order valence-electron chi connectivity index (χ1n) is 7.43. The van der Waals surface area contributed by atoms with Crippen LogP contribution in [-0.4, -0.2) is 51.1 Å². The molecule has 1 amide bonds. The summed E-state index contributed by atoms with van der Waals surface area (Å²) in [6, 6.07) is 6.44. The van der Waals surface area contributed by atoms with Crippen LogP contribution in [0.5, 0.6) is 0 Å². The fourth-order valence-corrected chi connectivity index (χ4v) is 2.82. The Morgan fingerprint density at radius 3 is 2.39 bits per heavy atom. The lowest BCUT2D eigenvalue weighted by molar-refractivity contribution is 0.107. The van der Waals surface area contributed by atoms with Crippen molar-refractivity contribution in [2.75, 3.05) is 31.4 Å². The first-order valence-corrected chi connectivity index (χ1v) is 9.32. The van der Waals surface area contributed by atoms with Crippen molar-refractivity contribution in [2.24, 2.45) is 5.10 Å². The number of hydrogen-bond donors (Lipinski definition) is 1. The van der Waals surface area contributed by atoms with E-state index < -0.39 is 9.84 Å². The molecule has 8 heteroatoms. The van der Waals surface area contributed by atoms with Gasteiger partial charge in [-0.15, -0.1) is 0 Å². The Balaban J connectivity index is 1.89. The number of likely N-dealkylation sites (tertiary alicyclic amines) is 1. The molecule has 0 bridgehead atoms. The maximum absolute atomic E-state index is 11.6. The number of sulfone groups is 1. The van der Waals surface area contributed by atoms with Gasteiger partial charge in [0, 0.05) is 37.9 Å². The molecule has 23 heavy (non-hydrogen) atoms. The second-order valence-corrected chi connectivity index (χ2v) is 7.29. The molecular weight excluding hydrogens is 318 g/mol. The Hall–Kier alpha value is -2.09. The number of rotatable bonds is 4. The van der Waals surface area contributed by atoms with E-state index in [0.29, 0.717) is 32.5 Å². The van der Waals surface area contributed by atoms with Crippen LogP contribution in [0, 0.1) is 0 Å². The molecule has 7 nitrogen and oxygen atoms in total. The summed E-state index contributed by atoms with van der Waals surface area (Å²) < 4.78 is 27.7. The van der Waals surface area contributed by atoms with Gasteiger partial charge in [0.05, 0.1) is 17.2 Å². The zero-order valence-electron chi connectivity index (χ0n) is 13.3. The van der Waals surface area contributed by atoms with Crippen LogP contribution in [0.3, 0.4) is 0 Å². The Labute approximate surface area is 136 Å². The largest absolute Gasteiger partial charge is 0.450 e. The Morgan fingerprint density at radius 2 is 1.87 bits per heavy atom. The minimum absolute atomic E-state index is 0.276. The van der Waals surface area contributed by atoms with Crippen LogP contribution in [-0.2, 0) is 14.6 Å². The first kappa shape index (κ1) is 17.3. The molecule has 1 aliphatic rings. The lowest BCUT2D eigenvalue weighted by atomic mass is 10.1. The number of anilines is 1. The third kappa shape index (κ3) is 4.95. The summed E-state index contributed by atoms with van der Waals surface area (Å²) in [4.78, 5) is 13.5. The van der Waals surface area contributed by atoms with Crippen LogP contribution in [0.15, 0.2) is 34.3 Å². The van der Waals surface area contributed by atoms with E-state index in [1.54, 1.807) is 36.1 Å². The molecule has 2 rings (SSSR count). The van der Waals surface area contributed by atoms with Gasteiger partial charge >= 0.3 is 6.09 Å². The molecule has 0 atom stereocenters. The average Bonchev–Trinajstić information content (AvgIpc) is 2.53. The number of hydrogen-bond acceptors (Lipinski definition) is 6. The number of nitrogens with one attached hydrogen (secondary N) is 1. The number of carbonyl (C=O) groups excluding carboxylic acids is 1. The van der Waals surface area contributed by atoms with Gasteiger partial charge in [-0.25, -0.2) is 13.2 Å².